The number of hydrogen-bond donors (Lipinski definition) is 1. The van der Waals surface area contributed by atoms with Gasteiger partial charge in [-0.3, -0.25) is 9.59 Å². The van der Waals surface area contributed by atoms with E-state index in [2.05, 4.69) is 5.32 Å². The van der Waals surface area contributed by atoms with Crippen LogP contribution in [0.5, 0.6) is 0 Å². The third-order valence-electron chi connectivity index (χ3n) is 4.13. The van der Waals surface area contributed by atoms with Crippen LogP contribution >= 0.6 is 0 Å². The van der Waals surface area contributed by atoms with Crippen LogP contribution < -0.4 is 5.32 Å². The fourth-order valence-electron chi connectivity index (χ4n) is 2.12. The summed E-state index contributed by atoms with van der Waals surface area (Å²) in [5.74, 6) is -1.33. The van der Waals surface area contributed by atoms with Gasteiger partial charge in [0.15, 0.2) is 0 Å². The lowest BCUT2D eigenvalue weighted by atomic mass is 9.98. The number of methoxy groups -OCH3 is 1. The van der Waals surface area contributed by atoms with Crippen molar-refractivity contribution < 1.29 is 19.1 Å². The predicted octanol–water partition coefficient (Wildman–Crippen LogP) is 1.85. The van der Waals surface area contributed by atoms with E-state index >= 15 is 0 Å². The summed E-state index contributed by atoms with van der Waals surface area (Å²) >= 11 is 0. The lowest BCUT2D eigenvalue weighted by Crippen LogP contribution is -2.59. The molecule has 1 rings (SSSR count). The Morgan fingerprint density at radius 2 is 1.67 bits per heavy atom. The standard InChI is InChI=1S/C18H26N2O4/c1-12(2)14(16(22)24-6)19-17(23)18(3,4)20(5)15(21)13-10-8-7-9-11-13/h7-12,14H,1-6H3,(H,19,23)/t14-/m0/s1. The lowest BCUT2D eigenvalue weighted by Gasteiger charge is -2.35. The highest BCUT2D eigenvalue weighted by molar-refractivity contribution is 5.99. The lowest BCUT2D eigenvalue weighted by molar-refractivity contribution is -0.147. The Labute approximate surface area is 143 Å². The Morgan fingerprint density at radius 1 is 1.12 bits per heavy atom. The van der Waals surface area contributed by atoms with Crippen LogP contribution in [0.2, 0.25) is 0 Å². The van der Waals surface area contributed by atoms with Gasteiger partial charge in [0, 0.05) is 12.6 Å². The fraction of sp³-hybridized carbons (Fsp3) is 0.500. The average Bonchev–Trinajstić information content (AvgIpc) is 2.57. The van der Waals surface area contributed by atoms with E-state index in [1.54, 1.807) is 45.2 Å². The maximum Gasteiger partial charge on any atom is 0.328 e. The molecule has 0 heterocycles. The minimum absolute atomic E-state index is 0.132. The fourth-order valence-corrected chi connectivity index (χ4v) is 2.12. The monoisotopic (exact) mass is 334 g/mol. The summed E-state index contributed by atoms with van der Waals surface area (Å²) < 4.78 is 4.73. The molecule has 132 valence electrons. The van der Waals surface area contributed by atoms with Gasteiger partial charge in [0.1, 0.15) is 11.6 Å². The van der Waals surface area contributed by atoms with Crippen molar-refractivity contribution in [1.82, 2.24) is 10.2 Å². The van der Waals surface area contributed by atoms with E-state index in [-0.39, 0.29) is 11.8 Å². The van der Waals surface area contributed by atoms with Gasteiger partial charge in [-0.2, -0.15) is 0 Å². The molecular formula is C18H26N2O4. The zero-order valence-corrected chi connectivity index (χ0v) is 15.1. The number of nitrogens with zero attached hydrogens (tertiary/aromatic N) is 1. The quantitative estimate of drug-likeness (QED) is 0.806. The van der Waals surface area contributed by atoms with Gasteiger partial charge in [-0.25, -0.2) is 4.79 Å². The minimum atomic E-state index is -1.13. The van der Waals surface area contributed by atoms with Crippen LogP contribution in [0.4, 0.5) is 0 Å². The molecule has 1 aromatic rings. The highest BCUT2D eigenvalue weighted by atomic mass is 16.5. The van der Waals surface area contributed by atoms with Crippen molar-refractivity contribution in [2.24, 2.45) is 5.92 Å². The Balaban J connectivity index is 2.94. The molecule has 0 fully saturated rings. The molecule has 0 saturated carbocycles. The maximum atomic E-state index is 12.7. The molecule has 0 aromatic heterocycles. The van der Waals surface area contributed by atoms with Gasteiger partial charge in [0.2, 0.25) is 5.91 Å². The molecule has 0 unspecified atom stereocenters. The zero-order valence-electron chi connectivity index (χ0n) is 15.1. The van der Waals surface area contributed by atoms with Crippen molar-refractivity contribution in [2.45, 2.75) is 39.3 Å². The number of hydrogen-bond acceptors (Lipinski definition) is 4. The third kappa shape index (κ3) is 4.34. The van der Waals surface area contributed by atoms with E-state index in [0.717, 1.165) is 0 Å². The third-order valence-corrected chi connectivity index (χ3v) is 4.13. The number of rotatable bonds is 6. The summed E-state index contributed by atoms with van der Waals surface area (Å²) in [4.78, 5) is 38.4. The van der Waals surface area contributed by atoms with Gasteiger partial charge in [-0.05, 0) is 31.9 Å². The van der Waals surface area contributed by atoms with Gasteiger partial charge in [-0.1, -0.05) is 32.0 Å². The first-order chi connectivity index (χ1) is 11.1. The highest BCUT2D eigenvalue weighted by Crippen LogP contribution is 2.17. The molecule has 24 heavy (non-hydrogen) atoms. The van der Waals surface area contributed by atoms with Gasteiger partial charge in [0.05, 0.1) is 7.11 Å². The largest absolute Gasteiger partial charge is 0.467 e. The first-order valence-corrected chi connectivity index (χ1v) is 7.85. The van der Waals surface area contributed by atoms with Crippen LogP contribution in [0.25, 0.3) is 0 Å². The second-order valence-electron chi connectivity index (χ2n) is 6.51. The first kappa shape index (κ1) is 19.7. The maximum absolute atomic E-state index is 12.7. The molecule has 1 aromatic carbocycles. The van der Waals surface area contributed by atoms with Crippen molar-refractivity contribution in [3.8, 4) is 0 Å². The Hall–Kier alpha value is -2.37. The van der Waals surface area contributed by atoms with E-state index < -0.39 is 23.5 Å². The van der Waals surface area contributed by atoms with E-state index in [0.29, 0.717) is 5.56 Å². The van der Waals surface area contributed by atoms with E-state index in [4.69, 9.17) is 4.74 Å². The van der Waals surface area contributed by atoms with E-state index in [9.17, 15) is 14.4 Å². The van der Waals surface area contributed by atoms with Crippen molar-refractivity contribution in [3.63, 3.8) is 0 Å². The summed E-state index contributed by atoms with van der Waals surface area (Å²) in [6.07, 6.45) is 0. The minimum Gasteiger partial charge on any atom is -0.467 e. The van der Waals surface area contributed by atoms with Crippen LogP contribution in [-0.2, 0) is 14.3 Å². The van der Waals surface area contributed by atoms with Crippen molar-refractivity contribution >= 4 is 17.8 Å². The SMILES string of the molecule is COC(=O)[C@@H](NC(=O)C(C)(C)N(C)C(=O)c1ccccc1)C(C)C. The van der Waals surface area contributed by atoms with E-state index in [1.807, 2.05) is 19.9 Å². The topological polar surface area (TPSA) is 75.7 Å². The van der Waals surface area contributed by atoms with Crippen molar-refractivity contribution in [3.05, 3.63) is 35.9 Å². The number of ether oxygens (including phenoxy) is 1. The molecule has 1 N–H and O–H groups in total. The molecule has 6 heteroatoms. The van der Waals surface area contributed by atoms with Gasteiger partial charge in [0.25, 0.3) is 5.91 Å². The molecule has 0 radical (unpaired) electrons. The number of likely N-dealkylation sites (N-methyl/N-ethyl adjacent to an activating group) is 1. The van der Waals surface area contributed by atoms with Gasteiger partial charge >= 0.3 is 5.97 Å². The van der Waals surface area contributed by atoms with Crippen LogP contribution in [0.15, 0.2) is 30.3 Å². The average molecular weight is 334 g/mol. The molecule has 0 aliphatic heterocycles. The number of carbonyl (C=O) groups is 3. The Bertz CT molecular complexity index is 596. The molecule has 0 aliphatic carbocycles. The number of benzene rings is 1. The summed E-state index contributed by atoms with van der Waals surface area (Å²) in [5, 5.41) is 2.69. The van der Waals surface area contributed by atoms with E-state index in [1.165, 1.54) is 12.0 Å². The first-order valence-electron chi connectivity index (χ1n) is 7.85. The number of amides is 2. The Morgan fingerprint density at radius 3 is 2.12 bits per heavy atom. The van der Waals surface area contributed by atoms with Crippen LogP contribution in [0.1, 0.15) is 38.1 Å². The second-order valence-corrected chi connectivity index (χ2v) is 6.51. The number of nitrogens with one attached hydrogen (secondary N) is 1. The molecule has 0 spiro atoms. The van der Waals surface area contributed by atoms with Crippen molar-refractivity contribution in [2.75, 3.05) is 14.2 Å². The molecule has 0 saturated heterocycles. The summed E-state index contributed by atoms with van der Waals surface area (Å²) in [7, 11) is 2.84. The Kier molecular flexibility index (Phi) is 6.51. The summed E-state index contributed by atoms with van der Waals surface area (Å²) in [6, 6.07) is 7.97. The van der Waals surface area contributed by atoms with Crippen LogP contribution in [0, 0.1) is 5.92 Å². The number of carbonyl (C=O) groups excluding carboxylic acids is 3. The summed E-state index contributed by atoms with van der Waals surface area (Å²) in [5.41, 5.74) is -0.636. The van der Waals surface area contributed by atoms with Crippen LogP contribution in [0.3, 0.4) is 0 Å². The zero-order chi connectivity index (χ0) is 18.5. The summed E-state index contributed by atoms with van der Waals surface area (Å²) in [6.45, 7) is 6.90. The molecular weight excluding hydrogens is 308 g/mol. The molecule has 6 nitrogen and oxygen atoms in total. The number of esters is 1. The van der Waals surface area contributed by atoms with Crippen molar-refractivity contribution in [1.29, 1.82) is 0 Å². The smallest absolute Gasteiger partial charge is 0.328 e. The predicted molar refractivity (Wildman–Crippen MR) is 91.4 cm³/mol. The molecule has 2 amide bonds. The second kappa shape index (κ2) is 7.95. The highest BCUT2D eigenvalue weighted by Gasteiger charge is 2.38. The molecule has 0 aliphatic rings. The molecule has 0 bridgehead atoms. The van der Waals surface area contributed by atoms with Crippen LogP contribution in [-0.4, -0.2) is 48.4 Å². The van der Waals surface area contributed by atoms with Gasteiger partial charge < -0.3 is 15.0 Å². The van der Waals surface area contributed by atoms with Gasteiger partial charge in [-0.15, -0.1) is 0 Å². The molecule has 1 atom stereocenters. The normalized spacial score (nSPS) is 12.5.